The SMILES string of the molecule is CCOc1cc(/C=N\NC(=O)c2ccc(C)cc2Cl)cc(Br)c1OCc1cccc(Cl)c1. The highest BCUT2D eigenvalue weighted by molar-refractivity contribution is 9.10. The number of ether oxygens (including phenoxy) is 2. The first-order chi connectivity index (χ1) is 15.4. The lowest BCUT2D eigenvalue weighted by molar-refractivity contribution is 0.0955. The quantitative estimate of drug-likeness (QED) is 0.254. The van der Waals surface area contributed by atoms with E-state index in [0.29, 0.717) is 50.4 Å². The second-order valence-corrected chi connectivity index (χ2v) is 8.56. The number of carbonyl (C=O) groups is 1. The van der Waals surface area contributed by atoms with Crippen molar-refractivity contribution >= 4 is 51.3 Å². The van der Waals surface area contributed by atoms with Gasteiger partial charge in [-0.15, -0.1) is 0 Å². The summed E-state index contributed by atoms with van der Waals surface area (Å²) in [6.07, 6.45) is 1.52. The molecule has 0 aliphatic heterocycles. The number of benzene rings is 3. The van der Waals surface area contributed by atoms with Gasteiger partial charge in [0.25, 0.3) is 5.91 Å². The molecule has 1 amide bonds. The molecule has 0 fully saturated rings. The smallest absolute Gasteiger partial charge is 0.272 e. The molecule has 0 atom stereocenters. The van der Waals surface area contributed by atoms with Crippen molar-refractivity contribution in [3.05, 3.63) is 91.4 Å². The van der Waals surface area contributed by atoms with Gasteiger partial charge in [-0.25, -0.2) is 5.43 Å². The second-order valence-electron chi connectivity index (χ2n) is 6.86. The van der Waals surface area contributed by atoms with Gasteiger partial charge < -0.3 is 9.47 Å². The molecule has 0 radical (unpaired) electrons. The standard InChI is InChI=1S/C24H21BrCl2N2O3/c1-3-31-22-12-17(13-28-29-24(30)19-8-7-15(2)9-21(19)27)11-20(25)23(22)32-14-16-5-4-6-18(26)10-16/h4-13H,3,14H2,1-2H3,(H,29,30)/b28-13-. The molecule has 3 aromatic carbocycles. The summed E-state index contributed by atoms with van der Waals surface area (Å²) in [7, 11) is 0. The Balaban J connectivity index is 1.73. The van der Waals surface area contributed by atoms with Gasteiger partial charge in [-0.2, -0.15) is 5.10 Å². The largest absolute Gasteiger partial charge is 0.490 e. The number of nitrogens with zero attached hydrogens (tertiary/aromatic N) is 1. The summed E-state index contributed by atoms with van der Waals surface area (Å²) in [5.41, 5.74) is 5.47. The maximum Gasteiger partial charge on any atom is 0.272 e. The highest BCUT2D eigenvalue weighted by Gasteiger charge is 2.13. The van der Waals surface area contributed by atoms with E-state index in [1.807, 2.05) is 50.2 Å². The monoisotopic (exact) mass is 534 g/mol. The predicted octanol–water partition coefficient (Wildman–Crippen LogP) is 6.81. The van der Waals surface area contributed by atoms with Crippen LogP contribution in [0.1, 0.15) is 34.0 Å². The van der Waals surface area contributed by atoms with Crippen LogP contribution in [0.25, 0.3) is 0 Å². The molecule has 0 unspecified atom stereocenters. The van der Waals surface area contributed by atoms with Crippen LogP contribution in [0, 0.1) is 6.92 Å². The van der Waals surface area contributed by atoms with Crippen molar-refractivity contribution in [3.8, 4) is 11.5 Å². The van der Waals surface area contributed by atoms with Crippen molar-refractivity contribution in [1.82, 2.24) is 5.43 Å². The van der Waals surface area contributed by atoms with E-state index >= 15 is 0 Å². The minimum absolute atomic E-state index is 0.333. The van der Waals surface area contributed by atoms with Crippen molar-refractivity contribution in [2.24, 2.45) is 5.10 Å². The number of aryl methyl sites for hydroxylation is 1. The zero-order valence-electron chi connectivity index (χ0n) is 17.5. The predicted molar refractivity (Wildman–Crippen MR) is 132 cm³/mol. The molecule has 0 saturated heterocycles. The Morgan fingerprint density at radius 1 is 1.12 bits per heavy atom. The first-order valence-electron chi connectivity index (χ1n) is 9.80. The van der Waals surface area contributed by atoms with Crippen LogP contribution in [0.4, 0.5) is 0 Å². The normalized spacial score (nSPS) is 10.9. The Morgan fingerprint density at radius 3 is 2.66 bits per heavy atom. The fourth-order valence-electron chi connectivity index (χ4n) is 2.88. The van der Waals surface area contributed by atoms with Gasteiger partial charge >= 0.3 is 0 Å². The Hall–Kier alpha value is -2.54. The van der Waals surface area contributed by atoms with Crippen LogP contribution < -0.4 is 14.9 Å². The molecule has 3 rings (SSSR count). The van der Waals surface area contributed by atoms with Crippen LogP contribution in [0.3, 0.4) is 0 Å². The third kappa shape index (κ3) is 6.48. The molecule has 3 aromatic rings. The number of hydrazone groups is 1. The molecule has 0 aliphatic carbocycles. The van der Waals surface area contributed by atoms with Crippen LogP contribution in [-0.2, 0) is 6.61 Å². The van der Waals surface area contributed by atoms with E-state index in [1.54, 1.807) is 18.2 Å². The van der Waals surface area contributed by atoms with Crippen LogP contribution in [-0.4, -0.2) is 18.7 Å². The summed E-state index contributed by atoms with van der Waals surface area (Å²) in [6, 6.07) is 16.3. The fourth-order valence-corrected chi connectivity index (χ4v) is 3.99. The van der Waals surface area contributed by atoms with Crippen LogP contribution in [0.2, 0.25) is 10.0 Å². The summed E-state index contributed by atoms with van der Waals surface area (Å²) >= 11 is 15.7. The summed E-state index contributed by atoms with van der Waals surface area (Å²) in [5, 5.41) is 5.07. The molecule has 0 aromatic heterocycles. The van der Waals surface area contributed by atoms with Crippen LogP contribution in [0.5, 0.6) is 11.5 Å². The third-order valence-electron chi connectivity index (χ3n) is 4.35. The molecular weight excluding hydrogens is 515 g/mol. The zero-order valence-corrected chi connectivity index (χ0v) is 20.6. The van der Waals surface area contributed by atoms with Crippen molar-refractivity contribution in [2.75, 3.05) is 6.61 Å². The molecular formula is C24H21BrCl2N2O3. The lowest BCUT2D eigenvalue weighted by atomic mass is 10.1. The lowest BCUT2D eigenvalue weighted by Gasteiger charge is -2.15. The van der Waals surface area contributed by atoms with E-state index in [2.05, 4.69) is 26.5 Å². The summed E-state index contributed by atoms with van der Waals surface area (Å²) in [5.74, 6) is 0.731. The molecule has 0 spiro atoms. The maximum atomic E-state index is 12.3. The van der Waals surface area contributed by atoms with Gasteiger partial charge in [0.1, 0.15) is 6.61 Å². The Bertz CT molecular complexity index is 1150. The Kier molecular flexibility index (Phi) is 8.56. The first-order valence-corrected chi connectivity index (χ1v) is 11.4. The van der Waals surface area contributed by atoms with E-state index in [0.717, 1.165) is 11.1 Å². The second kappa shape index (κ2) is 11.4. The van der Waals surface area contributed by atoms with Gasteiger partial charge in [0, 0.05) is 5.02 Å². The molecule has 5 nitrogen and oxygen atoms in total. The van der Waals surface area contributed by atoms with E-state index in [-0.39, 0.29) is 0 Å². The molecule has 32 heavy (non-hydrogen) atoms. The number of hydrogen-bond donors (Lipinski definition) is 1. The molecule has 0 saturated carbocycles. The lowest BCUT2D eigenvalue weighted by Crippen LogP contribution is -2.18. The molecule has 166 valence electrons. The van der Waals surface area contributed by atoms with Gasteiger partial charge in [-0.3, -0.25) is 4.79 Å². The van der Waals surface area contributed by atoms with E-state index < -0.39 is 5.91 Å². The summed E-state index contributed by atoms with van der Waals surface area (Å²) in [6.45, 7) is 4.59. The first kappa shape index (κ1) is 24.1. The Morgan fingerprint density at radius 2 is 1.94 bits per heavy atom. The number of rotatable bonds is 8. The van der Waals surface area contributed by atoms with Crippen molar-refractivity contribution in [2.45, 2.75) is 20.5 Å². The average molecular weight is 536 g/mol. The summed E-state index contributed by atoms with van der Waals surface area (Å²) in [4.78, 5) is 12.3. The van der Waals surface area contributed by atoms with E-state index in [1.165, 1.54) is 6.21 Å². The molecule has 1 N–H and O–H groups in total. The fraction of sp³-hybridized carbons (Fsp3) is 0.167. The average Bonchev–Trinajstić information content (AvgIpc) is 2.73. The van der Waals surface area contributed by atoms with Crippen LogP contribution >= 0.6 is 39.1 Å². The van der Waals surface area contributed by atoms with Crippen molar-refractivity contribution in [3.63, 3.8) is 0 Å². The van der Waals surface area contributed by atoms with E-state index in [9.17, 15) is 4.79 Å². The number of hydrogen-bond acceptors (Lipinski definition) is 4. The highest BCUT2D eigenvalue weighted by atomic mass is 79.9. The molecule has 0 aliphatic rings. The van der Waals surface area contributed by atoms with Gasteiger partial charge in [-0.05, 0) is 82.9 Å². The van der Waals surface area contributed by atoms with Crippen molar-refractivity contribution < 1.29 is 14.3 Å². The zero-order chi connectivity index (χ0) is 23.1. The molecule has 0 bridgehead atoms. The van der Waals surface area contributed by atoms with Gasteiger partial charge in [0.15, 0.2) is 11.5 Å². The minimum Gasteiger partial charge on any atom is -0.490 e. The number of carbonyl (C=O) groups excluding carboxylic acids is 1. The Labute approximate surface area is 205 Å². The number of amides is 1. The number of halogens is 3. The third-order valence-corrected chi connectivity index (χ3v) is 5.49. The van der Waals surface area contributed by atoms with Gasteiger partial charge in [0.05, 0.1) is 27.9 Å². The van der Waals surface area contributed by atoms with Gasteiger partial charge in [-0.1, -0.05) is 41.4 Å². The highest BCUT2D eigenvalue weighted by Crippen LogP contribution is 2.37. The topological polar surface area (TPSA) is 59.9 Å². The molecule has 8 heteroatoms. The maximum absolute atomic E-state index is 12.3. The summed E-state index contributed by atoms with van der Waals surface area (Å²) < 4.78 is 12.4. The molecule has 0 heterocycles. The van der Waals surface area contributed by atoms with Gasteiger partial charge in [0.2, 0.25) is 0 Å². The number of nitrogens with one attached hydrogen (secondary N) is 1. The van der Waals surface area contributed by atoms with Crippen LogP contribution in [0.15, 0.2) is 64.2 Å². The van der Waals surface area contributed by atoms with E-state index in [4.69, 9.17) is 32.7 Å². The van der Waals surface area contributed by atoms with Crippen molar-refractivity contribution in [1.29, 1.82) is 0 Å². The minimum atomic E-state index is -0.392.